The number of nitrogens with one attached hydrogen (secondary N) is 2. The standard InChI is InChI=1S/C21H19FN2O2/c22-17-6-8-18(9-7-17)23-14-21(25)24-19-10-12-20(13-11-19)26-15-16-4-2-1-3-5-16/h1-13,23H,14-15H2,(H,24,25). The maximum absolute atomic E-state index is 12.8. The number of benzene rings is 3. The lowest BCUT2D eigenvalue weighted by Crippen LogP contribution is -2.21. The van der Waals surface area contributed by atoms with Crippen molar-refractivity contribution < 1.29 is 13.9 Å². The second-order valence-corrected chi connectivity index (χ2v) is 5.71. The van der Waals surface area contributed by atoms with Crippen molar-refractivity contribution in [3.8, 4) is 5.75 Å². The van der Waals surface area contributed by atoms with Gasteiger partial charge in [0.2, 0.25) is 5.91 Å². The molecule has 26 heavy (non-hydrogen) atoms. The van der Waals surface area contributed by atoms with Crippen molar-refractivity contribution in [2.24, 2.45) is 0 Å². The van der Waals surface area contributed by atoms with Crippen molar-refractivity contribution in [1.82, 2.24) is 0 Å². The summed E-state index contributed by atoms with van der Waals surface area (Å²) in [5.74, 6) is 0.234. The second-order valence-electron chi connectivity index (χ2n) is 5.71. The first-order chi connectivity index (χ1) is 12.7. The van der Waals surface area contributed by atoms with Crippen LogP contribution < -0.4 is 15.4 Å². The van der Waals surface area contributed by atoms with E-state index < -0.39 is 0 Å². The van der Waals surface area contributed by atoms with Gasteiger partial charge in [-0.15, -0.1) is 0 Å². The minimum atomic E-state index is -0.311. The van der Waals surface area contributed by atoms with E-state index in [1.807, 2.05) is 42.5 Å². The SMILES string of the molecule is O=C(CNc1ccc(F)cc1)Nc1ccc(OCc2ccccc2)cc1. The van der Waals surface area contributed by atoms with Crippen LogP contribution in [-0.2, 0) is 11.4 Å². The zero-order valence-electron chi connectivity index (χ0n) is 14.1. The molecule has 0 atom stereocenters. The Bertz CT molecular complexity index is 834. The van der Waals surface area contributed by atoms with E-state index in [4.69, 9.17) is 4.74 Å². The summed E-state index contributed by atoms with van der Waals surface area (Å²) in [7, 11) is 0. The Morgan fingerprint density at radius 2 is 1.50 bits per heavy atom. The van der Waals surface area contributed by atoms with Gasteiger partial charge in [0.15, 0.2) is 0 Å². The molecule has 4 nitrogen and oxygen atoms in total. The minimum Gasteiger partial charge on any atom is -0.489 e. The number of carbonyl (C=O) groups is 1. The third-order valence-electron chi connectivity index (χ3n) is 3.68. The second kappa shape index (κ2) is 8.67. The van der Waals surface area contributed by atoms with Gasteiger partial charge in [-0.2, -0.15) is 0 Å². The molecule has 0 fully saturated rings. The fourth-order valence-corrected chi connectivity index (χ4v) is 2.33. The number of rotatable bonds is 7. The summed E-state index contributed by atoms with van der Waals surface area (Å²) in [5.41, 5.74) is 2.46. The summed E-state index contributed by atoms with van der Waals surface area (Å²) in [6.45, 7) is 0.589. The highest BCUT2D eigenvalue weighted by molar-refractivity contribution is 5.93. The molecule has 5 heteroatoms. The van der Waals surface area contributed by atoms with Crippen LogP contribution in [0.3, 0.4) is 0 Å². The molecule has 0 bridgehead atoms. The van der Waals surface area contributed by atoms with Crippen LogP contribution in [0.15, 0.2) is 78.9 Å². The van der Waals surface area contributed by atoms with E-state index in [2.05, 4.69) is 10.6 Å². The zero-order chi connectivity index (χ0) is 18.2. The third-order valence-corrected chi connectivity index (χ3v) is 3.68. The van der Waals surface area contributed by atoms with Gasteiger partial charge in [-0.3, -0.25) is 4.79 Å². The maximum Gasteiger partial charge on any atom is 0.243 e. The maximum atomic E-state index is 12.8. The molecule has 0 spiro atoms. The fraction of sp³-hybridized carbons (Fsp3) is 0.0952. The van der Waals surface area contributed by atoms with E-state index in [-0.39, 0.29) is 18.3 Å². The topological polar surface area (TPSA) is 50.4 Å². The van der Waals surface area contributed by atoms with Crippen molar-refractivity contribution in [2.45, 2.75) is 6.61 Å². The summed E-state index contributed by atoms with van der Waals surface area (Å²) in [6, 6.07) is 23.0. The van der Waals surface area contributed by atoms with E-state index in [1.54, 1.807) is 24.3 Å². The highest BCUT2D eigenvalue weighted by Gasteiger charge is 2.03. The van der Waals surface area contributed by atoms with Crippen molar-refractivity contribution in [2.75, 3.05) is 17.2 Å². The van der Waals surface area contributed by atoms with Crippen molar-refractivity contribution >= 4 is 17.3 Å². The molecule has 0 saturated heterocycles. The molecule has 0 radical (unpaired) electrons. The Balaban J connectivity index is 1.45. The fourth-order valence-electron chi connectivity index (χ4n) is 2.33. The lowest BCUT2D eigenvalue weighted by Gasteiger charge is -2.09. The Labute approximate surface area is 151 Å². The minimum absolute atomic E-state index is 0.0951. The summed E-state index contributed by atoms with van der Waals surface area (Å²) in [5, 5.41) is 5.73. The van der Waals surface area contributed by atoms with Crippen LogP contribution in [0.1, 0.15) is 5.56 Å². The van der Waals surface area contributed by atoms with E-state index in [0.29, 0.717) is 18.0 Å². The largest absolute Gasteiger partial charge is 0.489 e. The molecular formula is C21H19FN2O2. The van der Waals surface area contributed by atoms with Crippen molar-refractivity contribution in [3.63, 3.8) is 0 Å². The number of ether oxygens (including phenoxy) is 1. The van der Waals surface area contributed by atoms with Gasteiger partial charge in [0, 0.05) is 11.4 Å². The van der Waals surface area contributed by atoms with Gasteiger partial charge in [-0.1, -0.05) is 30.3 Å². The lowest BCUT2D eigenvalue weighted by molar-refractivity contribution is -0.114. The molecule has 0 aromatic heterocycles. The van der Waals surface area contributed by atoms with Crippen LogP contribution in [0, 0.1) is 5.82 Å². The normalized spacial score (nSPS) is 10.2. The number of hydrogen-bond donors (Lipinski definition) is 2. The van der Waals surface area contributed by atoms with Gasteiger partial charge < -0.3 is 15.4 Å². The molecule has 0 unspecified atom stereocenters. The first kappa shape index (κ1) is 17.5. The van der Waals surface area contributed by atoms with Gasteiger partial charge in [-0.05, 0) is 54.1 Å². The van der Waals surface area contributed by atoms with Gasteiger partial charge in [0.25, 0.3) is 0 Å². The number of carbonyl (C=O) groups excluding carboxylic acids is 1. The number of amides is 1. The first-order valence-corrected chi connectivity index (χ1v) is 8.25. The van der Waals surface area contributed by atoms with E-state index >= 15 is 0 Å². The van der Waals surface area contributed by atoms with E-state index in [9.17, 15) is 9.18 Å². The summed E-state index contributed by atoms with van der Waals surface area (Å²) >= 11 is 0. The van der Waals surface area contributed by atoms with E-state index in [0.717, 1.165) is 11.3 Å². The molecule has 3 aromatic rings. The highest BCUT2D eigenvalue weighted by Crippen LogP contribution is 2.17. The number of hydrogen-bond acceptors (Lipinski definition) is 3. The summed E-state index contributed by atoms with van der Waals surface area (Å²) < 4.78 is 18.6. The quantitative estimate of drug-likeness (QED) is 0.662. The lowest BCUT2D eigenvalue weighted by atomic mass is 10.2. The first-order valence-electron chi connectivity index (χ1n) is 8.25. The average Bonchev–Trinajstić information content (AvgIpc) is 2.68. The predicted octanol–water partition coefficient (Wildman–Crippen LogP) is 4.46. The number of anilines is 2. The monoisotopic (exact) mass is 350 g/mol. The summed E-state index contributed by atoms with van der Waals surface area (Å²) in [6.07, 6.45) is 0. The molecule has 0 aliphatic heterocycles. The molecule has 2 N–H and O–H groups in total. The molecule has 0 aliphatic rings. The highest BCUT2D eigenvalue weighted by atomic mass is 19.1. The van der Waals surface area contributed by atoms with Crippen LogP contribution in [-0.4, -0.2) is 12.5 Å². The van der Waals surface area contributed by atoms with Crippen LogP contribution in [0.5, 0.6) is 5.75 Å². The van der Waals surface area contributed by atoms with E-state index in [1.165, 1.54) is 12.1 Å². The molecule has 3 rings (SSSR count). The van der Waals surface area contributed by atoms with Gasteiger partial charge in [-0.25, -0.2) is 4.39 Å². The molecule has 132 valence electrons. The Kier molecular flexibility index (Phi) is 5.83. The van der Waals surface area contributed by atoms with Crippen LogP contribution in [0.25, 0.3) is 0 Å². The van der Waals surface area contributed by atoms with Crippen LogP contribution in [0.4, 0.5) is 15.8 Å². The molecule has 3 aromatic carbocycles. The summed E-state index contributed by atoms with van der Waals surface area (Å²) in [4.78, 5) is 12.0. The predicted molar refractivity (Wildman–Crippen MR) is 101 cm³/mol. The van der Waals surface area contributed by atoms with Crippen LogP contribution in [0.2, 0.25) is 0 Å². The van der Waals surface area contributed by atoms with Crippen molar-refractivity contribution in [3.05, 3.63) is 90.2 Å². The average molecular weight is 350 g/mol. The Morgan fingerprint density at radius 3 is 2.19 bits per heavy atom. The van der Waals surface area contributed by atoms with Gasteiger partial charge >= 0.3 is 0 Å². The molecule has 0 aliphatic carbocycles. The Morgan fingerprint density at radius 1 is 0.846 bits per heavy atom. The molecule has 0 saturated carbocycles. The zero-order valence-corrected chi connectivity index (χ0v) is 14.1. The van der Waals surface area contributed by atoms with Gasteiger partial charge in [0.05, 0.1) is 6.54 Å². The van der Waals surface area contributed by atoms with Gasteiger partial charge in [0.1, 0.15) is 18.2 Å². The molecule has 0 heterocycles. The molecule has 1 amide bonds. The number of halogens is 1. The molecular weight excluding hydrogens is 331 g/mol. The van der Waals surface area contributed by atoms with Crippen LogP contribution >= 0.6 is 0 Å². The smallest absolute Gasteiger partial charge is 0.243 e. The van der Waals surface area contributed by atoms with Crippen molar-refractivity contribution in [1.29, 1.82) is 0 Å². The Hall–Kier alpha value is -3.34. The third kappa shape index (κ3) is 5.34.